The molecule has 3 rings (SSSR count). The molecule has 3 aromatic rings. The molecule has 1 aromatic carbocycles. The fourth-order valence-electron chi connectivity index (χ4n) is 2.94. The Hall–Kier alpha value is -3.28. The van der Waals surface area contributed by atoms with Crippen molar-refractivity contribution in [3.05, 3.63) is 63.2 Å². The van der Waals surface area contributed by atoms with Crippen molar-refractivity contribution < 1.29 is 14.2 Å². The van der Waals surface area contributed by atoms with E-state index >= 15 is 0 Å². The predicted molar refractivity (Wildman–Crippen MR) is 106 cm³/mol. The normalized spacial score (nSPS) is 11.1. The van der Waals surface area contributed by atoms with E-state index in [1.807, 2.05) is 43.3 Å². The van der Waals surface area contributed by atoms with Gasteiger partial charge in [-0.3, -0.25) is 9.20 Å². The maximum absolute atomic E-state index is 12.6. The third-order valence-corrected chi connectivity index (χ3v) is 4.43. The lowest BCUT2D eigenvalue weighted by Gasteiger charge is -2.13. The first-order valence-electron chi connectivity index (χ1n) is 8.46. The van der Waals surface area contributed by atoms with E-state index in [0.717, 1.165) is 11.1 Å². The fourth-order valence-corrected chi connectivity index (χ4v) is 2.94. The summed E-state index contributed by atoms with van der Waals surface area (Å²) in [5, 5.41) is 0. The SMILES string of the molecule is COc1cc(/C=C/c2nc3c(C)cccn3c(=O)c2C)cc(OC)c1OC. The minimum atomic E-state index is -0.0757. The predicted octanol–water partition coefficient (Wildman–Crippen LogP) is 3.51. The molecule has 0 radical (unpaired) electrons. The summed E-state index contributed by atoms with van der Waals surface area (Å²) < 4.78 is 17.7. The molecule has 0 bridgehead atoms. The molecule has 140 valence electrons. The summed E-state index contributed by atoms with van der Waals surface area (Å²) >= 11 is 0. The van der Waals surface area contributed by atoms with Crippen molar-refractivity contribution in [2.24, 2.45) is 0 Å². The van der Waals surface area contributed by atoms with Crippen LogP contribution >= 0.6 is 0 Å². The number of aromatic nitrogens is 2. The molecule has 0 aliphatic carbocycles. The summed E-state index contributed by atoms with van der Waals surface area (Å²) in [7, 11) is 4.71. The number of hydrogen-bond acceptors (Lipinski definition) is 5. The molecule has 0 aliphatic heterocycles. The minimum Gasteiger partial charge on any atom is -0.493 e. The lowest BCUT2D eigenvalue weighted by Crippen LogP contribution is -2.19. The van der Waals surface area contributed by atoms with Crippen LogP contribution < -0.4 is 19.8 Å². The Morgan fingerprint density at radius 1 is 1.00 bits per heavy atom. The van der Waals surface area contributed by atoms with Crippen molar-refractivity contribution >= 4 is 17.8 Å². The number of hydrogen-bond donors (Lipinski definition) is 0. The second kappa shape index (κ2) is 7.53. The van der Waals surface area contributed by atoms with E-state index in [9.17, 15) is 4.79 Å². The van der Waals surface area contributed by atoms with Crippen LogP contribution in [0.25, 0.3) is 17.8 Å². The van der Waals surface area contributed by atoms with E-state index in [1.54, 1.807) is 38.9 Å². The molecule has 0 saturated heterocycles. The minimum absolute atomic E-state index is 0.0757. The molecule has 2 aromatic heterocycles. The van der Waals surface area contributed by atoms with Crippen LogP contribution in [0.5, 0.6) is 17.2 Å². The monoisotopic (exact) mass is 366 g/mol. The van der Waals surface area contributed by atoms with Gasteiger partial charge in [0.1, 0.15) is 5.65 Å². The van der Waals surface area contributed by atoms with Gasteiger partial charge in [-0.15, -0.1) is 0 Å². The van der Waals surface area contributed by atoms with E-state index < -0.39 is 0 Å². The standard InChI is InChI=1S/C21H22N2O4/c1-13-7-6-10-23-20(13)22-16(14(2)21(23)24)9-8-15-11-17(25-3)19(27-5)18(12-15)26-4/h6-12H,1-5H3/b9-8+. The van der Waals surface area contributed by atoms with Gasteiger partial charge in [0.05, 0.1) is 27.0 Å². The number of ether oxygens (including phenoxy) is 3. The van der Waals surface area contributed by atoms with Gasteiger partial charge in [-0.1, -0.05) is 12.1 Å². The van der Waals surface area contributed by atoms with Gasteiger partial charge in [-0.05, 0) is 49.2 Å². The Bertz CT molecular complexity index is 1060. The van der Waals surface area contributed by atoms with Crippen LogP contribution in [-0.2, 0) is 0 Å². The summed E-state index contributed by atoms with van der Waals surface area (Å²) in [6.45, 7) is 3.71. The van der Waals surface area contributed by atoms with E-state index in [4.69, 9.17) is 14.2 Å². The molecule has 0 aliphatic rings. The third kappa shape index (κ3) is 3.38. The van der Waals surface area contributed by atoms with Crippen molar-refractivity contribution in [3.63, 3.8) is 0 Å². The summed E-state index contributed by atoms with van der Waals surface area (Å²) in [5.74, 6) is 1.66. The number of rotatable bonds is 5. The zero-order valence-corrected chi connectivity index (χ0v) is 16.1. The lowest BCUT2D eigenvalue weighted by molar-refractivity contribution is 0.324. The maximum Gasteiger partial charge on any atom is 0.261 e. The van der Waals surface area contributed by atoms with Gasteiger partial charge in [0.25, 0.3) is 5.56 Å². The number of aryl methyl sites for hydroxylation is 1. The summed E-state index contributed by atoms with van der Waals surface area (Å²) in [6, 6.07) is 7.46. The van der Waals surface area contributed by atoms with E-state index in [1.165, 1.54) is 0 Å². The summed E-state index contributed by atoms with van der Waals surface area (Å²) in [5.41, 5.74) is 3.57. The van der Waals surface area contributed by atoms with E-state index in [0.29, 0.717) is 34.2 Å². The third-order valence-electron chi connectivity index (χ3n) is 4.43. The van der Waals surface area contributed by atoms with Gasteiger partial charge in [0, 0.05) is 11.8 Å². The van der Waals surface area contributed by atoms with Crippen LogP contribution in [0.15, 0.2) is 35.3 Å². The molecule has 0 spiro atoms. The second-order valence-electron chi connectivity index (χ2n) is 6.10. The molecule has 0 fully saturated rings. The molecule has 0 amide bonds. The number of methoxy groups -OCH3 is 3. The quantitative estimate of drug-likeness (QED) is 0.691. The van der Waals surface area contributed by atoms with Crippen LogP contribution in [-0.4, -0.2) is 30.7 Å². The number of benzene rings is 1. The fraction of sp³-hybridized carbons (Fsp3) is 0.238. The van der Waals surface area contributed by atoms with E-state index in [-0.39, 0.29) is 5.56 Å². The Balaban J connectivity index is 2.10. The van der Waals surface area contributed by atoms with Crippen LogP contribution in [0.4, 0.5) is 0 Å². The lowest BCUT2D eigenvalue weighted by atomic mass is 10.1. The molecule has 27 heavy (non-hydrogen) atoms. The first kappa shape index (κ1) is 18.5. The highest BCUT2D eigenvalue weighted by Crippen LogP contribution is 2.38. The second-order valence-corrected chi connectivity index (χ2v) is 6.10. The molecule has 6 heteroatoms. The van der Waals surface area contributed by atoms with Gasteiger partial charge in [0.2, 0.25) is 5.75 Å². The van der Waals surface area contributed by atoms with Gasteiger partial charge in [-0.25, -0.2) is 4.98 Å². The van der Waals surface area contributed by atoms with Crippen LogP contribution in [0.1, 0.15) is 22.4 Å². The molecule has 0 N–H and O–H groups in total. The molecule has 0 atom stereocenters. The average molecular weight is 366 g/mol. The average Bonchev–Trinajstić information content (AvgIpc) is 2.69. The number of nitrogens with zero attached hydrogens (tertiary/aromatic N) is 2. The van der Waals surface area contributed by atoms with E-state index in [2.05, 4.69) is 4.98 Å². The van der Waals surface area contributed by atoms with Gasteiger partial charge >= 0.3 is 0 Å². The van der Waals surface area contributed by atoms with Gasteiger partial charge in [0.15, 0.2) is 11.5 Å². The first-order chi connectivity index (χ1) is 13.0. The largest absolute Gasteiger partial charge is 0.493 e. The van der Waals surface area contributed by atoms with Gasteiger partial charge in [-0.2, -0.15) is 0 Å². The Morgan fingerprint density at radius 3 is 2.26 bits per heavy atom. The molecule has 2 heterocycles. The topological polar surface area (TPSA) is 62.1 Å². The summed E-state index contributed by atoms with van der Waals surface area (Å²) in [6.07, 6.45) is 5.43. The Labute approximate surface area is 157 Å². The number of pyridine rings is 1. The van der Waals surface area contributed by atoms with Crippen molar-refractivity contribution in [3.8, 4) is 17.2 Å². The maximum atomic E-state index is 12.6. The van der Waals surface area contributed by atoms with Crippen LogP contribution in [0, 0.1) is 13.8 Å². The van der Waals surface area contributed by atoms with Gasteiger partial charge < -0.3 is 14.2 Å². The van der Waals surface area contributed by atoms with Crippen LogP contribution in [0.2, 0.25) is 0 Å². The van der Waals surface area contributed by atoms with Crippen LogP contribution in [0.3, 0.4) is 0 Å². The number of fused-ring (bicyclic) bond motifs is 1. The first-order valence-corrected chi connectivity index (χ1v) is 8.46. The Kier molecular flexibility index (Phi) is 5.16. The highest BCUT2D eigenvalue weighted by molar-refractivity contribution is 5.73. The highest BCUT2D eigenvalue weighted by Gasteiger charge is 2.12. The summed E-state index contributed by atoms with van der Waals surface area (Å²) in [4.78, 5) is 17.3. The molecular formula is C21H22N2O4. The van der Waals surface area contributed by atoms with Crippen molar-refractivity contribution in [1.29, 1.82) is 0 Å². The smallest absolute Gasteiger partial charge is 0.261 e. The molecule has 0 saturated carbocycles. The van der Waals surface area contributed by atoms with Crippen molar-refractivity contribution in [2.45, 2.75) is 13.8 Å². The molecular weight excluding hydrogens is 344 g/mol. The zero-order valence-electron chi connectivity index (χ0n) is 16.1. The van der Waals surface area contributed by atoms with Crippen molar-refractivity contribution in [1.82, 2.24) is 9.38 Å². The molecule has 6 nitrogen and oxygen atoms in total. The zero-order chi connectivity index (χ0) is 19.6. The Morgan fingerprint density at radius 2 is 1.67 bits per heavy atom. The van der Waals surface area contributed by atoms with Crippen molar-refractivity contribution in [2.75, 3.05) is 21.3 Å². The molecule has 0 unspecified atom stereocenters. The highest BCUT2D eigenvalue weighted by atomic mass is 16.5.